The predicted octanol–water partition coefficient (Wildman–Crippen LogP) is 1.46. The zero-order valence-corrected chi connectivity index (χ0v) is 10.7. The van der Waals surface area contributed by atoms with Crippen molar-refractivity contribution >= 4 is 27.7 Å². The highest BCUT2D eigenvalue weighted by atomic mass is 79.9. The van der Waals surface area contributed by atoms with Gasteiger partial charge in [0.2, 0.25) is 5.91 Å². The minimum atomic E-state index is -0.216. The average Bonchev–Trinajstić information content (AvgIpc) is 2.71. The molecular weight excluding hydrogens is 270 g/mol. The van der Waals surface area contributed by atoms with E-state index in [2.05, 4.69) is 25.8 Å². The Labute approximate surface area is 103 Å². The largest absolute Gasteiger partial charge is 0.369 e. The lowest BCUT2D eigenvalue weighted by molar-refractivity contribution is -0.121. The van der Waals surface area contributed by atoms with Gasteiger partial charge in [0.05, 0.1) is 10.4 Å². The molecule has 5 heteroatoms. The van der Waals surface area contributed by atoms with Crippen molar-refractivity contribution in [2.24, 2.45) is 11.7 Å². The van der Waals surface area contributed by atoms with E-state index in [4.69, 9.17) is 5.73 Å². The topological polar surface area (TPSA) is 59.2 Å². The second kappa shape index (κ2) is 4.41. The number of aryl methyl sites for hydroxylation is 1. The molecule has 0 aliphatic carbocycles. The van der Waals surface area contributed by atoms with Gasteiger partial charge in [-0.25, -0.2) is 4.98 Å². The molecule has 16 heavy (non-hydrogen) atoms. The lowest BCUT2D eigenvalue weighted by Crippen LogP contribution is -2.27. The molecule has 1 aliphatic rings. The maximum atomic E-state index is 11.1. The van der Waals surface area contributed by atoms with Crippen molar-refractivity contribution in [2.45, 2.75) is 13.3 Å². The van der Waals surface area contributed by atoms with Gasteiger partial charge in [-0.3, -0.25) is 4.79 Å². The number of anilines is 1. The molecule has 1 saturated heterocycles. The monoisotopic (exact) mass is 283 g/mol. The van der Waals surface area contributed by atoms with E-state index in [9.17, 15) is 4.79 Å². The van der Waals surface area contributed by atoms with E-state index in [-0.39, 0.29) is 11.8 Å². The molecule has 1 fully saturated rings. The van der Waals surface area contributed by atoms with Crippen LogP contribution in [0.5, 0.6) is 0 Å². The molecule has 86 valence electrons. The van der Waals surface area contributed by atoms with Gasteiger partial charge < -0.3 is 10.6 Å². The lowest BCUT2D eigenvalue weighted by Gasteiger charge is -2.19. The minimum Gasteiger partial charge on any atom is -0.369 e. The third-order valence-electron chi connectivity index (χ3n) is 2.95. The van der Waals surface area contributed by atoms with E-state index in [1.54, 1.807) is 6.20 Å². The molecule has 0 spiro atoms. The SMILES string of the molecule is Cc1ccnc(N2CCC(C(N)=O)C2)c1Br. The van der Waals surface area contributed by atoms with Crippen LogP contribution in [0.25, 0.3) is 0 Å². The van der Waals surface area contributed by atoms with Crippen LogP contribution in [0.3, 0.4) is 0 Å². The molecule has 0 bridgehead atoms. The first-order chi connectivity index (χ1) is 7.59. The first-order valence-corrected chi connectivity index (χ1v) is 6.04. The molecule has 1 unspecified atom stereocenters. The minimum absolute atomic E-state index is 0.0470. The smallest absolute Gasteiger partial charge is 0.222 e. The van der Waals surface area contributed by atoms with Crippen molar-refractivity contribution in [1.82, 2.24) is 4.98 Å². The summed E-state index contributed by atoms with van der Waals surface area (Å²) in [5, 5.41) is 0. The number of amides is 1. The number of rotatable bonds is 2. The van der Waals surface area contributed by atoms with Crippen LogP contribution in [-0.2, 0) is 4.79 Å². The Kier molecular flexibility index (Phi) is 3.14. The molecule has 2 N–H and O–H groups in total. The highest BCUT2D eigenvalue weighted by Crippen LogP contribution is 2.30. The van der Waals surface area contributed by atoms with E-state index >= 15 is 0 Å². The normalized spacial score (nSPS) is 20.1. The molecule has 0 radical (unpaired) electrons. The number of pyridine rings is 1. The van der Waals surface area contributed by atoms with Gasteiger partial charge in [-0.2, -0.15) is 0 Å². The third kappa shape index (κ3) is 2.04. The van der Waals surface area contributed by atoms with Gasteiger partial charge in [-0.15, -0.1) is 0 Å². The fraction of sp³-hybridized carbons (Fsp3) is 0.455. The molecule has 2 heterocycles. The number of hydrogen-bond acceptors (Lipinski definition) is 3. The molecule has 1 aromatic rings. The van der Waals surface area contributed by atoms with Crippen LogP contribution < -0.4 is 10.6 Å². The second-order valence-corrected chi connectivity index (χ2v) is 4.89. The maximum Gasteiger partial charge on any atom is 0.222 e. The van der Waals surface area contributed by atoms with Gasteiger partial charge in [0, 0.05) is 19.3 Å². The summed E-state index contributed by atoms with van der Waals surface area (Å²) in [6.45, 7) is 3.53. The first kappa shape index (κ1) is 11.4. The fourth-order valence-electron chi connectivity index (χ4n) is 1.93. The van der Waals surface area contributed by atoms with Crippen LogP contribution in [0.4, 0.5) is 5.82 Å². The molecule has 1 aliphatic heterocycles. The van der Waals surface area contributed by atoms with Gasteiger partial charge in [-0.1, -0.05) is 0 Å². The highest BCUT2D eigenvalue weighted by Gasteiger charge is 2.28. The van der Waals surface area contributed by atoms with E-state index in [0.717, 1.165) is 28.8 Å². The maximum absolute atomic E-state index is 11.1. The van der Waals surface area contributed by atoms with Gasteiger partial charge in [0.1, 0.15) is 5.82 Å². The fourth-order valence-corrected chi connectivity index (χ4v) is 2.42. The number of primary amides is 1. The Bertz CT molecular complexity index is 422. The summed E-state index contributed by atoms with van der Waals surface area (Å²) in [5.41, 5.74) is 6.45. The number of halogens is 1. The summed E-state index contributed by atoms with van der Waals surface area (Å²) in [4.78, 5) is 17.5. The number of nitrogens with two attached hydrogens (primary N) is 1. The summed E-state index contributed by atoms with van der Waals surface area (Å²) in [5.74, 6) is 0.643. The number of hydrogen-bond donors (Lipinski definition) is 1. The molecule has 2 rings (SSSR count). The van der Waals surface area contributed by atoms with Crippen LogP contribution in [0, 0.1) is 12.8 Å². The standard InChI is InChI=1S/C11H14BrN3O/c1-7-2-4-14-11(9(7)12)15-5-3-8(6-15)10(13)16/h2,4,8H,3,5-6H2,1H3,(H2,13,16). The van der Waals surface area contributed by atoms with Crippen molar-refractivity contribution in [1.29, 1.82) is 0 Å². The van der Waals surface area contributed by atoms with Gasteiger partial charge >= 0.3 is 0 Å². The van der Waals surface area contributed by atoms with Crippen molar-refractivity contribution in [2.75, 3.05) is 18.0 Å². The zero-order chi connectivity index (χ0) is 11.7. The molecule has 1 aromatic heterocycles. The molecule has 0 saturated carbocycles. The number of carbonyl (C=O) groups is 1. The van der Waals surface area contributed by atoms with Crippen molar-refractivity contribution in [3.8, 4) is 0 Å². The molecule has 1 atom stereocenters. The zero-order valence-electron chi connectivity index (χ0n) is 9.11. The van der Waals surface area contributed by atoms with E-state index < -0.39 is 0 Å². The Morgan fingerprint density at radius 3 is 3.06 bits per heavy atom. The summed E-state index contributed by atoms with van der Waals surface area (Å²) in [6, 6.07) is 1.95. The Morgan fingerprint density at radius 2 is 2.44 bits per heavy atom. The van der Waals surface area contributed by atoms with Crippen LogP contribution in [-0.4, -0.2) is 24.0 Å². The van der Waals surface area contributed by atoms with Crippen LogP contribution >= 0.6 is 15.9 Å². The highest BCUT2D eigenvalue weighted by molar-refractivity contribution is 9.10. The van der Waals surface area contributed by atoms with E-state index in [0.29, 0.717) is 6.54 Å². The molecule has 1 amide bonds. The Balaban J connectivity index is 2.21. The third-order valence-corrected chi connectivity index (χ3v) is 3.93. The molecule has 0 aromatic carbocycles. The summed E-state index contributed by atoms with van der Waals surface area (Å²) in [6.07, 6.45) is 2.60. The molecule has 4 nitrogen and oxygen atoms in total. The second-order valence-electron chi connectivity index (χ2n) is 4.10. The van der Waals surface area contributed by atoms with Crippen LogP contribution in [0.2, 0.25) is 0 Å². The number of aromatic nitrogens is 1. The lowest BCUT2D eigenvalue weighted by atomic mass is 10.1. The quantitative estimate of drug-likeness (QED) is 0.894. The van der Waals surface area contributed by atoms with Crippen molar-refractivity contribution < 1.29 is 4.79 Å². The predicted molar refractivity (Wildman–Crippen MR) is 66.2 cm³/mol. The van der Waals surface area contributed by atoms with Gasteiger partial charge in [-0.05, 0) is 40.9 Å². The van der Waals surface area contributed by atoms with Crippen LogP contribution in [0.1, 0.15) is 12.0 Å². The van der Waals surface area contributed by atoms with Gasteiger partial charge in [0.15, 0.2) is 0 Å². The molecular formula is C11H14BrN3O. The first-order valence-electron chi connectivity index (χ1n) is 5.25. The van der Waals surface area contributed by atoms with Crippen molar-refractivity contribution in [3.63, 3.8) is 0 Å². The summed E-state index contributed by atoms with van der Waals surface area (Å²) in [7, 11) is 0. The van der Waals surface area contributed by atoms with Crippen molar-refractivity contribution in [3.05, 3.63) is 22.3 Å². The van der Waals surface area contributed by atoms with Crippen LogP contribution in [0.15, 0.2) is 16.7 Å². The summed E-state index contributed by atoms with van der Waals surface area (Å²) >= 11 is 3.53. The van der Waals surface area contributed by atoms with Gasteiger partial charge in [0.25, 0.3) is 0 Å². The Morgan fingerprint density at radius 1 is 1.69 bits per heavy atom. The van der Waals surface area contributed by atoms with E-state index in [1.807, 2.05) is 13.0 Å². The number of nitrogens with zero attached hydrogens (tertiary/aromatic N) is 2. The number of carbonyl (C=O) groups excluding carboxylic acids is 1. The summed E-state index contributed by atoms with van der Waals surface area (Å²) < 4.78 is 1.00. The Hall–Kier alpha value is -1.10. The van der Waals surface area contributed by atoms with E-state index in [1.165, 1.54) is 0 Å². The average molecular weight is 284 g/mol.